The second kappa shape index (κ2) is 9.75. The van der Waals surface area contributed by atoms with Crippen LogP contribution in [0.5, 0.6) is 0 Å². The lowest BCUT2D eigenvalue weighted by Crippen LogP contribution is -2.50. The van der Waals surface area contributed by atoms with E-state index in [0.29, 0.717) is 25.3 Å². The molecule has 0 radical (unpaired) electrons. The van der Waals surface area contributed by atoms with Crippen LogP contribution in [0, 0.1) is 17.8 Å². The molecule has 28 heavy (non-hydrogen) atoms. The Bertz CT molecular complexity index is 565. The summed E-state index contributed by atoms with van der Waals surface area (Å²) in [4.78, 5) is 38.4. The molecule has 0 aromatic rings. The molecule has 3 fully saturated rings. The van der Waals surface area contributed by atoms with E-state index in [1.165, 1.54) is 32.1 Å². The average Bonchev–Trinajstić information content (AvgIpc) is 2.69. The lowest BCUT2D eigenvalue weighted by atomic mass is 9.83. The predicted molar refractivity (Wildman–Crippen MR) is 107 cm³/mol. The third kappa shape index (κ3) is 5.48. The molecule has 2 N–H and O–H groups in total. The van der Waals surface area contributed by atoms with Gasteiger partial charge in [-0.3, -0.25) is 14.4 Å². The fraction of sp³-hybridized carbons (Fsp3) is 0.864. The van der Waals surface area contributed by atoms with Crippen molar-refractivity contribution >= 4 is 17.8 Å². The molecule has 3 aliphatic rings. The maximum atomic E-state index is 13.0. The normalized spacial score (nSPS) is 32.0. The highest BCUT2D eigenvalue weighted by molar-refractivity contribution is 5.81. The second-order valence-electron chi connectivity index (χ2n) is 9.28. The van der Waals surface area contributed by atoms with Crippen LogP contribution in [-0.4, -0.2) is 46.4 Å². The van der Waals surface area contributed by atoms with Crippen LogP contribution in [0.2, 0.25) is 0 Å². The Hall–Kier alpha value is -1.59. The number of likely N-dealkylation sites (tertiary alicyclic amines) is 1. The molecule has 2 atom stereocenters. The van der Waals surface area contributed by atoms with Crippen LogP contribution in [0.1, 0.15) is 84.0 Å². The Morgan fingerprint density at radius 2 is 1.54 bits per heavy atom. The van der Waals surface area contributed by atoms with E-state index >= 15 is 0 Å². The van der Waals surface area contributed by atoms with Crippen molar-refractivity contribution in [2.45, 2.75) is 96.1 Å². The maximum absolute atomic E-state index is 13.0. The quantitative estimate of drug-likeness (QED) is 0.751. The van der Waals surface area contributed by atoms with Crippen molar-refractivity contribution < 1.29 is 19.5 Å². The van der Waals surface area contributed by atoms with Crippen LogP contribution >= 0.6 is 0 Å². The van der Waals surface area contributed by atoms with Crippen molar-refractivity contribution in [2.24, 2.45) is 17.8 Å². The van der Waals surface area contributed by atoms with Crippen LogP contribution < -0.4 is 5.32 Å². The van der Waals surface area contributed by atoms with Crippen molar-refractivity contribution in [1.29, 1.82) is 0 Å². The van der Waals surface area contributed by atoms with Gasteiger partial charge in [-0.25, -0.2) is 0 Å². The molecular formula is C22H36N2O4. The first-order valence-corrected chi connectivity index (χ1v) is 11.3. The first-order chi connectivity index (χ1) is 13.4. The van der Waals surface area contributed by atoms with Crippen LogP contribution in [0.4, 0.5) is 0 Å². The largest absolute Gasteiger partial charge is 0.481 e. The van der Waals surface area contributed by atoms with Gasteiger partial charge >= 0.3 is 5.97 Å². The number of piperidine rings is 1. The number of nitrogens with one attached hydrogen (secondary N) is 1. The molecule has 0 bridgehead atoms. The third-order valence-electron chi connectivity index (χ3n) is 7.15. The fourth-order valence-electron chi connectivity index (χ4n) is 5.27. The standard InChI is InChI=1S/C22H36N2O4/c1-15-7-8-18(22(27)28)14-24(15)21(26)17-9-11-19(12-10-17)23-20(25)13-16-5-3-2-4-6-16/h15-19H,2-14H2,1H3,(H,23,25)(H,27,28). The van der Waals surface area contributed by atoms with E-state index in [1.807, 2.05) is 6.92 Å². The molecule has 1 saturated heterocycles. The summed E-state index contributed by atoms with van der Waals surface area (Å²) in [5, 5.41) is 12.5. The van der Waals surface area contributed by atoms with E-state index in [1.54, 1.807) is 4.90 Å². The minimum atomic E-state index is -0.797. The number of carbonyl (C=O) groups excluding carboxylic acids is 2. The van der Waals surface area contributed by atoms with E-state index in [2.05, 4.69) is 5.32 Å². The topological polar surface area (TPSA) is 86.7 Å². The molecular weight excluding hydrogens is 356 g/mol. The number of hydrogen-bond donors (Lipinski definition) is 2. The molecule has 0 spiro atoms. The summed E-state index contributed by atoms with van der Waals surface area (Å²) >= 11 is 0. The highest BCUT2D eigenvalue weighted by Gasteiger charge is 2.37. The number of rotatable bonds is 5. The molecule has 2 saturated carbocycles. The summed E-state index contributed by atoms with van der Waals surface area (Å²) in [5.74, 6) is -0.415. The summed E-state index contributed by atoms with van der Waals surface area (Å²) in [6.07, 6.45) is 11.5. The third-order valence-corrected chi connectivity index (χ3v) is 7.15. The highest BCUT2D eigenvalue weighted by Crippen LogP contribution is 2.31. The van der Waals surface area contributed by atoms with Crippen molar-refractivity contribution in [1.82, 2.24) is 10.2 Å². The van der Waals surface area contributed by atoms with Gasteiger partial charge in [-0.1, -0.05) is 19.3 Å². The maximum Gasteiger partial charge on any atom is 0.308 e. The Balaban J connectivity index is 1.43. The summed E-state index contributed by atoms with van der Waals surface area (Å²) < 4.78 is 0. The zero-order chi connectivity index (χ0) is 20.1. The zero-order valence-electron chi connectivity index (χ0n) is 17.2. The molecule has 6 nitrogen and oxygen atoms in total. The molecule has 2 amide bonds. The summed E-state index contributed by atoms with van der Waals surface area (Å²) in [6, 6.07) is 0.307. The van der Waals surface area contributed by atoms with E-state index < -0.39 is 11.9 Å². The number of carboxylic acids is 1. The van der Waals surface area contributed by atoms with Crippen LogP contribution in [-0.2, 0) is 14.4 Å². The van der Waals surface area contributed by atoms with E-state index in [0.717, 1.165) is 32.1 Å². The Labute approximate surface area is 168 Å². The van der Waals surface area contributed by atoms with E-state index in [4.69, 9.17) is 0 Å². The Kier molecular flexibility index (Phi) is 7.36. The average molecular weight is 393 g/mol. The first kappa shape index (κ1) is 21.1. The number of carboxylic acid groups (broad SMARTS) is 1. The zero-order valence-corrected chi connectivity index (χ0v) is 17.2. The molecule has 158 valence electrons. The van der Waals surface area contributed by atoms with Gasteiger partial charge in [0.15, 0.2) is 0 Å². The van der Waals surface area contributed by atoms with Crippen molar-refractivity contribution in [3.63, 3.8) is 0 Å². The Morgan fingerprint density at radius 3 is 2.18 bits per heavy atom. The van der Waals surface area contributed by atoms with Gasteiger partial charge in [-0.05, 0) is 64.2 Å². The van der Waals surface area contributed by atoms with Gasteiger partial charge in [0.1, 0.15) is 0 Å². The second-order valence-corrected chi connectivity index (χ2v) is 9.28. The smallest absolute Gasteiger partial charge is 0.308 e. The molecule has 6 heteroatoms. The minimum absolute atomic E-state index is 0.0264. The Morgan fingerprint density at radius 1 is 0.893 bits per heavy atom. The highest BCUT2D eigenvalue weighted by atomic mass is 16.4. The molecule has 1 aliphatic heterocycles. The van der Waals surface area contributed by atoms with E-state index in [9.17, 15) is 19.5 Å². The summed E-state index contributed by atoms with van der Waals surface area (Å²) in [5.41, 5.74) is 0. The van der Waals surface area contributed by atoms with Gasteiger partial charge < -0.3 is 15.3 Å². The summed E-state index contributed by atoms with van der Waals surface area (Å²) in [7, 11) is 0. The van der Waals surface area contributed by atoms with Gasteiger partial charge in [0.2, 0.25) is 11.8 Å². The first-order valence-electron chi connectivity index (χ1n) is 11.3. The van der Waals surface area contributed by atoms with Crippen LogP contribution in [0.25, 0.3) is 0 Å². The lowest BCUT2D eigenvalue weighted by molar-refractivity contribution is -0.149. The van der Waals surface area contributed by atoms with E-state index in [-0.39, 0.29) is 29.8 Å². The van der Waals surface area contributed by atoms with Gasteiger partial charge in [0, 0.05) is 31.0 Å². The van der Waals surface area contributed by atoms with Gasteiger partial charge in [0.05, 0.1) is 5.92 Å². The van der Waals surface area contributed by atoms with Crippen molar-refractivity contribution in [3.05, 3.63) is 0 Å². The van der Waals surface area contributed by atoms with Crippen LogP contribution in [0.15, 0.2) is 0 Å². The molecule has 1 heterocycles. The molecule has 3 rings (SSSR count). The molecule has 0 aromatic heterocycles. The van der Waals surface area contributed by atoms with Crippen LogP contribution in [0.3, 0.4) is 0 Å². The SMILES string of the molecule is CC1CCC(C(=O)O)CN1C(=O)C1CCC(NC(=O)CC2CCCCC2)CC1. The molecule has 2 unspecified atom stereocenters. The predicted octanol–water partition coefficient (Wildman–Crippen LogP) is 3.34. The number of hydrogen-bond acceptors (Lipinski definition) is 3. The molecule has 2 aliphatic carbocycles. The van der Waals surface area contributed by atoms with Gasteiger partial charge in [-0.15, -0.1) is 0 Å². The summed E-state index contributed by atoms with van der Waals surface area (Å²) in [6.45, 7) is 2.36. The molecule has 0 aromatic carbocycles. The van der Waals surface area contributed by atoms with Gasteiger partial charge in [-0.2, -0.15) is 0 Å². The number of carbonyl (C=O) groups is 3. The number of amides is 2. The fourth-order valence-corrected chi connectivity index (χ4v) is 5.27. The number of nitrogens with zero attached hydrogens (tertiary/aromatic N) is 1. The lowest BCUT2D eigenvalue weighted by Gasteiger charge is -2.40. The minimum Gasteiger partial charge on any atom is -0.481 e. The van der Waals surface area contributed by atoms with Crippen molar-refractivity contribution in [3.8, 4) is 0 Å². The monoisotopic (exact) mass is 392 g/mol. The number of aliphatic carboxylic acids is 1. The van der Waals surface area contributed by atoms with Crippen molar-refractivity contribution in [2.75, 3.05) is 6.54 Å². The van der Waals surface area contributed by atoms with Gasteiger partial charge in [0.25, 0.3) is 0 Å².